The normalized spacial score (nSPS) is 25.7. The van der Waals surface area contributed by atoms with Crippen LogP contribution in [0.15, 0.2) is 12.2 Å². The van der Waals surface area contributed by atoms with Crippen molar-refractivity contribution >= 4 is 17.9 Å². The summed E-state index contributed by atoms with van der Waals surface area (Å²) in [5, 5.41) is 0. The van der Waals surface area contributed by atoms with Gasteiger partial charge in [0.15, 0.2) is 6.29 Å². The van der Waals surface area contributed by atoms with Crippen LogP contribution in [0.5, 0.6) is 0 Å². The van der Waals surface area contributed by atoms with E-state index in [1.54, 1.807) is 6.92 Å². The fraction of sp³-hybridized carbons (Fsp3) is 0.706. The van der Waals surface area contributed by atoms with E-state index in [4.69, 9.17) is 18.9 Å². The van der Waals surface area contributed by atoms with E-state index in [1.165, 1.54) is 13.3 Å². The Morgan fingerprint density at radius 1 is 1.25 bits per heavy atom. The summed E-state index contributed by atoms with van der Waals surface area (Å²) in [6.45, 7) is 6.36. The van der Waals surface area contributed by atoms with Crippen LogP contribution in [-0.4, -0.2) is 43.0 Å². The summed E-state index contributed by atoms with van der Waals surface area (Å²) in [4.78, 5) is 35.5. The van der Waals surface area contributed by atoms with Gasteiger partial charge in [-0.25, -0.2) is 9.59 Å². The summed E-state index contributed by atoms with van der Waals surface area (Å²) < 4.78 is 20.8. The lowest BCUT2D eigenvalue weighted by Gasteiger charge is -2.26. The van der Waals surface area contributed by atoms with E-state index in [2.05, 4.69) is 6.58 Å². The Labute approximate surface area is 141 Å². The van der Waals surface area contributed by atoms with Crippen molar-refractivity contribution in [2.75, 3.05) is 6.61 Å². The molecule has 0 bridgehead atoms. The van der Waals surface area contributed by atoms with Crippen LogP contribution >= 0.6 is 0 Å². The van der Waals surface area contributed by atoms with Gasteiger partial charge in [-0.05, 0) is 26.7 Å². The standard InChI is InChI=1S/C17H24O7/c1-10(2)15(18)24-14-13(9-21-17(14)20)16(19)23-11(3)22-12-7-5-4-6-8-12/h11-14H,1,4-9H2,2-3H3. The molecule has 0 aromatic rings. The molecule has 0 aromatic heterocycles. The molecule has 3 atom stereocenters. The summed E-state index contributed by atoms with van der Waals surface area (Å²) in [6.07, 6.45) is 3.37. The fourth-order valence-electron chi connectivity index (χ4n) is 2.79. The SMILES string of the molecule is C=C(C)C(=O)OC1C(=O)OCC1C(=O)OC(C)OC1CCCCC1. The number of cyclic esters (lactones) is 1. The van der Waals surface area contributed by atoms with Gasteiger partial charge in [-0.3, -0.25) is 4.79 Å². The van der Waals surface area contributed by atoms with Crippen molar-refractivity contribution in [3.05, 3.63) is 12.2 Å². The first-order chi connectivity index (χ1) is 11.4. The van der Waals surface area contributed by atoms with Gasteiger partial charge in [0.05, 0.1) is 6.10 Å². The quantitative estimate of drug-likeness (QED) is 0.316. The van der Waals surface area contributed by atoms with Crippen molar-refractivity contribution in [1.82, 2.24) is 0 Å². The lowest BCUT2D eigenvalue weighted by Crippen LogP contribution is -2.37. The van der Waals surface area contributed by atoms with Gasteiger partial charge in [0.1, 0.15) is 12.5 Å². The van der Waals surface area contributed by atoms with Gasteiger partial charge in [-0.15, -0.1) is 0 Å². The number of hydrogen-bond donors (Lipinski definition) is 0. The largest absolute Gasteiger partial charge is 0.462 e. The van der Waals surface area contributed by atoms with Crippen LogP contribution in [0.2, 0.25) is 0 Å². The molecule has 1 aliphatic carbocycles. The minimum Gasteiger partial charge on any atom is -0.462 e. The zero-order valence-corrected chi connectivity index (χ0v) is 14.1. The first-order valence-corrected chi connectivity index (χ1v) is 8.27. The van der Waals surface area contributed by atoms with E-state index in [-0.39, 0.29) is 18.3 Å². The monoisotopic (exact) mass is 340 g/mol. The van der Waals surface area contributed by atoms with Crippen molar-refractivity contribution in [1.29, 1.82) is 0 Å². The van der Waals surface area contributed by atoms with Crippen LogP contribution in [-0.2, 0) is 33.3 Å². The maximum Gasteiger partial charge on any atom is 0.348 e. The Kier molecular flexibility index (Phi) is 6.36. The molecule has 7 heteroatoms. The summed E-state index contributed by atoms with van der Waals surface area (Å²) in [7, 11) is 0. The summed E-state index contributed by atoms with van der Waals surface area (Å²) in [5.74, 6) is -3.17. The minimum atomic E-state index is -1.30. The molecule has 24 heavy (non-hydrogen) atoms. The van der Waals surface area contributed by atoms with E-state index in [0.717, 1.165) is 25.7 Å². The summed E-state index contributed by atoms with van der Waals surface area (Å²) in [6, 6.07) is 0. The molecule has 2 fully saturated rings. The topological polar surface area (TPSA) is 88.1 Å². The third-order valence-electron chi connectivity index (χ3n) is 4.11. The Morgan fingerprint density at radius 2 is 1.92 bits per heavy atom. The van der Waals surface area contributed by atoms with Gasteiger partial charge in [0.25, 0.3) is 0 Å². The van der Waals surface area contributed by atoms with Gasteiger partial charge in [-0.1, -0.05) is 25.8 Å². The van der Waals surface area contributed by atoms with Gasteiger partial charge in [0.2, 0.25) is 6.10 Å². The van der Waals surface area contributed by atoms with Crippen LogP contribution < -0.4 is 0 Å². The maximum atomic E-state index is 12.3. The first kappa shape index (κ1) is 18.4. The van der Waals surface area contributed by atoms with Crippen molar-refractivity contribution in [3.8, 4) is 0 Å². The second-order valence-corrected chi connectivity index (χ2v) is 6.24. The average Bonchev–Trinajstić information content (AvgIpc) is 2.89. The first-order valence-electron chi connectivity index (χ1n) is 8.27. The Hall–Kier alpha value is -1.89. The molecule has 0 amide bonds. The molecule has 0 radical (unpaired) electrons. The Morgan fingerprint density at radius 3 is 2.54 bits per heavy atom. The fourth-order valence-corrected chi connectivity index (χ4v) is 2.79. The summed E-state index contributed by atoms with van der Waals surface area (Å²) >= 11 is 0. The molecule has 0 N–H and O–H groups in total. The second kappa shape index (κ2) is 8.28. The molecule has 1 heterocycles. The van der Waals surface area contributed by atoms with Crippen molar-refractivity contribution in [2.24, 2.45) is 5.92 Å². The van der Waals surface area contributed by atoms with E-state index in [0.29, 0.717) is 0 Å². The Bertz CT molecular complexity index is 507. The third kappa shape index (κ3) is 4.80. The average molecular weight is 340 g/mol. The highest BCUT2D eigenvalue weighted by atomic mass is 16.7. The number of carbonyl (C=O) groups excluding carboxylic acids is 3. The van der Waals surface area contributed by atoms with Gasteiger partial charge < -0.3 is 18.9 Å². The van der Waals surface area contributed by atoms with Crippen LogP contribution in [0.25, 0.3) is 0 Å². The van der Waals surface area contributed by atoms with Crippen LogP contribution in [0.3, 0.4) is 0 Å². The van der Waals surface area contributed by atoms with E-state index in [9.17, 15) is 14.4 Å². The van der Waals surface area contributed by atoms with Gasteiger partial charge in [0, 0.05) is 5.57 Å². The molecule has 1 saturated heterocycles. The molecular weight excluding hydrogens is 316 g/mol. The highest BCUT2D eigenvalue weighted by Gasteiger charge is 2.46. The molecule has 1 saturated carbocycles. The molecule has 0 aromatic carbocycles. The van der Waals surface area contributed by atoms with E-state index >= 15 is 0 Å². The van der Waals surface area contributed by atoms with Crippen LogP contribution in [0, 0.1) is 5.92 Å². The second-order valence-electron chi connectivity index (χ2n) is 6.24. The summed E-state index contributed by atoms with van der Waals surface area (Å²) in [5.41, 5.74) is 0.135. The Balaban J connectivity index is 1.88. The lowest BCUT2D eigenvalue weighted by molar-refractivity contribution is -0.194. The molecular formula is C17H24O7. The molecule has 2 aliphatic rings. The van der Waals surface area contributed by atoms with Crippen LogP contribution in [0.4, 0.5) is 0 Å². The zero-order chi connectivity index (χ0) is 17.7. The van der Waals surface area contributed by atoms with E-state index < -0.39 is 36.2 Å². The van der Waals surface area contributed by atoms with Gasteiger partial charge >= 0.3 is 17.9 Å². The highest BCUT2D eigenvalue weighted by molar-refractivity contribution is 5.92. The maximum absolute atomic E-state index is 12.3. The number of carbonyl (C=O) groups is 3. The molecule has 1 aliphatic heterocycles. The number of esters is 3. The van der Waals surface area contributed by atoms with E-state index in [1.807, 2.05) is 0 Å². The molecule has 2 rings (SSSR count). The third-order valence-corrected chi connectivity index (χ3v) is 4.11. The van der Waals surface area contributed by atoms with Crippen LogP contribution in [0.1, 0.15) is 46.0 Å². The zero-order valence-electron chi connectivity index (χ0n) is 14.1. The predicted molar refractivity (Wildman–Crippen MR) is 82.7 cm³/mol. The smallest absolute Gasteiger partial charge is 0.348 e. The molecule has 0 spiro atoms. The molecule has 134 valence electrons. The van der Waals surface area contributed by atoms with Crippen molar-refractivity contribution < 1.29 is 33.3 Å². The predicted octanol–water partition coefficient (Wildman–Crippen LogP) is 1.89. The number of hydrogen-bond acceptors (Lipinski definition) is 7. The number of ether oxygens (including phenoxy) is 4. The molecule has 3 unspecified atom stereocenters. The lowest BCUT2D eigenvalue weighted by atomic mass is 9.98. The highest BCUT2D eigenvalue weighted by Crippen LogP contribution is 2.24. The molecule has 7 nitrogen and oxygen atoms in total. The van der Waals surface area contributed by atoms with Crippen molar-refractivity contribution in [3.63, 3.8) is 0 Å². The van der Waals surface area contributed by atoms with Crippen molar-refractivity contribution in [2.45, 2.75) is 64.4 Å². The minimum absolute atomic E-state index is 0.0834. The van der Waals surface area contributed by atoms with Gasteiger partial charge in [-0.2, -0.15) is 0 Å². The number of rotatable bonds is 6.